The lowest BCUT2D eigenvalue weighted by Gasteiger charge is -2.45. The van der Waals surface area contributed by atoms with Gasteiger partial charge in [0.25, 0.3) is 0 Å². The van der Waals surface area contributed by atoms with E-state index in [9.17, 15) is 40.5 Å². The quantitative estimate of drug-likeness (QED) is 0.0682. The number of aliphatic hydroxyl groups is 7. The summed E-state index contributed by atoms with van der Waals surface area (Å²) in [5, 5.41) is 76.6. The van der Waals surface area contributed by atoms with Gasteiger partial charge < -0.3 is 82.9 Å². The van der Waals surface area contributed by atoms with Gasteiger partial charge in [0.1, 0.15) is 60.9 Å². The topological polar surface area (TPSA) is 336 Å². The number of rotatable bonds is 9. The fourth-order valence-electron chi connectivity index (χ4n) is 5.08. The first-order valence-electron chi connectivity index (χ1n) is 12.4. The largest absolute Gasteiger partial charge is 0.394 e. The summed E-state index contributed by atoms with van der Waals surface area (Å²) >= 11 is 0. The standard InChI is InChI=1S/C21H39N7O12/c1-5-21(36,4-30)16(40-17-9(26-2)13(34)10(31)6(3-29)38-17)18(37-5)39-15-8(28-20(24)25)11(32)7(27-19(22)23)12(33)14(15)35/h4-18,26,29,31-36H,3H2,1-2H3,(H4,22,23,27)(H4,24,25,28)/t5-,6-,7+,8-,9-,10-,11+,12-,13-,14+,15+,16-,17?,18-,21+/m0/s1. The van der Waals surface area contributed by atoms with E-state index in [4.69, 9.17) is 41.9 Å². The van der Waals surface area contributed by atoms with Gasteiger partial charge in [-0.3, -0.25) is 4.79 Å². The molecule has 0 radical (unpaired) electrons. The van der Waals surface area contributed by atoms with Crippen LogP contribution in [0.25, 0.3) is 0 Å². The number of hydrogen-bond donors (Lipinski definition) is 12. The van der Waals surface area contributed by atoms with E-state index in [0.717, 1.165) is 0 Å². The Labute approximate surface area is 228 Å². The summed E-state index contributed by atoms with van der Waals surface area (Å²) in [4.78, 5) is 19.7. The van der Waals surface area contributed by atoms with Gasteiger partial charge in [-0.1, -0.05) is 0 Å². The van der Waals surface area contributed by atoms with E-state index in [1.54, 1.807) is 0 Å². The zero-order valence-corrected chi connectivity index (χ0v) is 21.7. The van der Waals surface area contributed by atoms with Crippen molar-refractivity contribution < 1.29 is 59.5 Å². The summed E-state index contributed by atoms with van der Waals surface area (Å²) in [6.07, 6.45) is -17.3. The molecule has 3 aliphatic rings. The molecule has 2 aliphatic heterocycles. The van der Waals surface area contributed by atoms with Crippen molar-refractivity contribution in [3.63, 3.8) is 0 Å². The van der Waals surface area contributed by atoms with Crippen LogP contribution in [-0.4, -0.2) is 159 Å². The third-order valence-corrected chi connectivity index (χ3v) is 7.34. The van der Waals surface area contributed by atoms with E-state index in [0.29, 0.717) is 0 Å². The maximum atomic E-state index is 12.1. The highest BCUT2D eigenvalue weighted by Crippen LogP contribution is 2.38. The molecule has 2 heterocycles. The Kier molecular flexibility index (Phi) is 10.2. The molecular formula is C21H39N7O12. The van der Waals surface area contributed by atoms with E-state index in [2.05, 4.69) is 15.3 Å². The lowest BCUT2D eigenvalue weighted by Crippen LogP contribution is -2.66. The predicted molar refractivity (Wildman–Crippen MR) is 133 cm³/mol. The Morgan fingerprint density at radius 2 is 1.50 bits per heavy atom. The molecule has 15 atom stereocenters. The second kappa shape index (κ2) is 12.7. The van der Waals surface area contributed by atoms with Crippen molar-refractivity contribution in [2.45, 2.75) is 98.2 Å². The maximum absolute atomic E-state index is 12.1. The van der Waals surface area contributed by atoms with Crippen LogP contribution in [-0.2, 0) is 23.7 Å². The van der Waals surface area contributed by atoms with Crippen molar-refractivity contribution in [3.8, 4) is 0 Å². The fourth-order valence-corrected chi connectivity index (χ4v) is 5.08. The molecule has 40 heavy (non-hydrogen) atoms. The third-order valence-electron chi connectivity index (χ3n) is 7.34. The summed E-state index contributed by atoms with van der Waals surface area (Å²) in [6, 6.07) is -4.08. The molecule has 0 amide bonds. The van der Waals surface area contributed by atoms with Gasteiger partial charge in [0, 0.05) is 0 Å². The number of hydrogen-bond acceptors (Lipinski definition) is 15. The number of likely N-dealkylation sites (N-methyl/N-ethyl adjacent to an activating group) is 1. The van der Waals surface area contributed by atoms with Gasteiger partial charge in [0.15, 0.2) is 36.4 Å². The summed E-state index contributed by atoms with van der Waals surface area (Å²) in [6.45, 7) is 0.620. The molecule has 0 bridgehead atoms. The van der Waals surface area contributed by atoms with Gasteiger partial charge in [-0.25, -0.2) is 9.98 Å². The predicted octanol–water partition coefficient (Wildman–Crippen LogP) is -8.16. The molecule has 0 spiro atoms. The molecule has 1 unspecified atom stereocenters. The molecule has 230 valence electrons. The lowest BCUT2D eigenvalue weighted by atomic mass is 9.81. The van der Waals surface area contributed by atoms with Crippen LogP contribution in [0.2, 0.25) is 0 Å². The monoisotopic (exact) mass is 581 g/mol. The summed E-state index contributed by atoms with van der Waals surface area (Å²) in [5.41, 5.74) is 19.4. The Balaban J connectivity index is 1.96. The van der Waals surface area contributed by atoms with Crippen LogP contribution in [0, 0.1) is 0 Å². The third kappa shape index (κ3) is 6.00. The molecule has 0 aromatic carbocycles. The van der Waals surface area contributed by atoms with Crippen LogP contribution in [0.1, 0.15) is 6.92 Å². The Bertz CT molecular complexity index is 940. The van der Waals surface area contributed by atoms with Crippen molar-refractivity contribution in [1.29, 1.82) is 0 Å². The highest BCUT2D eigenvalue weighted by Gasteiger charge is 2.60. The van der Waals surface area contributed by atoms with E-state index in [1.807, 2.05) is 0 Å². The smallest absolute Gasteiger partial charge is 0.188 e. The minimum absolute atomic E-state index is 0.140. The zero-order valence-electron chi connectivity index (χ0n) is 21.7. The normalized spacial score (nSPS) is 47.4. The Morgan fingerprint density at radius 1 is 0.900 bits per heavy atom. The molecular weight excluding hydrogens is 542 g/mol. The van der Waals surface area contributed by atoms with Crippen LogP contribution in [0.5, 0.6) is 0 Å². The average molecular weight is 582 g/mol. The summed E-state index contributed by atoms with van der Waals surface area (Å²) in [7, 11) is 1.42. The van der Waals surface area contributed by atoms with Crippen LogP contribution >= 0.6 is 0 Å². The molecule has 3 fully saturated rings. The van der Waals surface area contributed by atoms with Crippen molar-refractivity contribution >= 4 is 18.2 Å². The number of aliphatic imine (C=N–C) groups is 2. The second-order valence-electron chi connectivity index (χ2n) is 9.89. The van der Waals surface area contributed by atoms with Gasteiger partial charge in [0.05, 0.1) is 18.8 Å². The van der Waals surface area contributed by atoms with Crippen molar-refractivity contribution in [2.24, 2.45) is 32.9 Å². The molecule has 0 aromatic heterocycles. The van der Waals surface area contributed by atoms with Gasteiger partial charge >= 0.3 is 0 Å². The Morgan fingerprint density at radius 3 is 2.02 bits per heavy atom. The highest BCUT2D eigenvalue weighted by atomic mass is 16.8. The lowest BCUT2D eigenvalue weighted by molar-refractivity contribution is -0.314. The second-order valence-corrected chi connectivity index (χ2v) is 9.89. The number of nitrogens with zero attached hydrogens (tertiary/aromatic N) is 2. The Hall–Kier alpha value is -2.27. The molecule has 0 aromatic rings. The van der Waals surface area contributed by atoms with Crippen LogP contribution in [0.3, 0.4) is 0 Å². The number of carbonyl (C=O) groups excluding carboxylic acids is 1. The van der Waals surface area contributed by atoms with Gasteiger partial charge in [-0.15, -0.1) is 0 Å². The molecule has 19 heteroatoms. The molecule has 1 aliphatic carbocycles. The van der Waals surface area contributed by atoms with Crippen LogP contribution < -0.4 is 28.3 Å². The van der Waals surface area contributed by atoms with Crippen molar-refractivity contribution in [1.82, 2.24) is 5.32 Å². The van der Waals surface area contributed by atoms with Crippen molar-refractivity contribution in [3.05, 3.63) is 0 Å². The first-order chi connectivity index (χ1) is 18.7. The van der Waals surface area contributed by atoms with Gasteiger partial charge in [-0.2, -0.15) is 0 Å². The van der Waals surface area contributed by atoms with E-state index < -0.39 is 110 Å². The molecule has 19 nitrogen and oxygen atoms in total. The van der Waals surface area contributed by atoms with Gasteiger partial charge in [0.2, 0.25) is 0 Å². The number of aliphatic hydroxyl groups excluding tert-OH is 6. The van der Waals surface area contributed by atoms with Crippen LogP contribution in [0.4, 0.5) is 0 Å². The summed E-state index contributed by atoms with van der Waals surface area (Å²) in [5.74, 6) is -1.03. The SMILES string of the molecule is CN[C@@H]1C(O[C@H]2[C@H](O[C@H]3[C@H](O)[C@@H](O)[C@H](N=C(N)N)[C@@H](O)[C@@H]3N=C(N)N)O[C@@H](C)[C@]2(O)C=O)O[C@@H](CO)[C@H](O)[C@H]1O. The number of aldehydes is 1. The molecule has 2 saturated heterocycles. The minimum atomic E-state index is -2.38. The molecule has 1 saturated carbocycles. The number of carbonyl (C=O) groups is 1. The first kappa shape index (κ1) is 32.2. The molecule has 16 N–H and O–H groups in total. The minimum Gasteiger partial charge on any atom is -0.394 e. The first-order valence-corrected chi connectivity index (χ1v) is 12.4. The van der Waals surface area contributed by atoms with E-state index in [1.165, 1.54) is 14.0 Å². The number of nitrogens with one attached hydrogen (secondary N) is 1. The fraction of sp³-hybridized carbons (Fsp3) is 0.857. The summed E-state index contributed by atoms with van der Waals surface area (Å²) < 4.78 is 22.9. The number of nitrogens with two attached hydrogens (primary N) is 4. The average Bonchev–Trinajstić information content (AvgIpc) is 3.13. The molecule has 3 rings (SSSR count). The zero-order chi connectivity index (χ0) is 30.1. The van der Waals surface area contributed by atoms with Gasteiger partial charge in [-0.05, 0) is 14.0 Å². The van der Waals surface area contributed by atoms with E-state index >= 15 is 0 Å². The number of ether oxygens (including phenoxy) is 4. The maximum Gasteiger partial charge on any atom is 0.188 e. The van der Waals surface area contributed by atoms with E-state index in [-0.39, 0.29) is 6.29 Å². The number of guanidine groups is 2. The highest BCUT2D eigenvalue weighted by molar-refractivity contribution is 5.76. The van der Waals surface area contributed by atoms with Crippen molar-refractivity contribution in [2.75, 3.05) is 13.7 Å². The van der Waals surface area contributed by atoms with Crippen LogP contribution in [0.15, 0.2) is 9.98 Å².